The molecule has 1 aromatic carbocycles. The number of carbonyl (C=O) groups excluding carboxylic acids is 1. The molecule has 0 radical (unpaired) electrons. The van der Waals surface area contributed by atoms with E-state index in [1.165, 1.54) is 12.1 Å². The number of benzene rings is 1. The van der Waals surface area contributed by atoms with Crippen LogP contribution in [0.2, 0.25) is 0 Å². The molecule has 0 amide bonds. The van der Waals surface area contributed by atoms with Gasteiger partial charge in [-0.05, 0) is 38.0 Å². The average molecular weight is 420 g/mol. The van der Waals surface area contributed by atoms with Crippen molar-refractivity contribution < 1.29 is 19.7 Å². The van der Waals surface area contributed by atoms with E-state index in [0.29, 0.717) is 18.5 Å². The number of aliphatic hydroxyl groups excluding tert-OH is 1. The van der Waals surface area contributed by atoms with Crippen LogP contribution in [-0.4, -0.2) is 64.9 Å². The van der Waals surface area contributed by atoms with Crippen molar-refractivity contribution in [2.45, 2.75) is 39.4 Å². The molecular weight excluding hydrogens is 390 g/mol. The predicted octanol–water partition coefficient (Wildman–Crippen LogP) is 2.97. The minimum atomic E-state index is -0.751. The third-order valence-electron chi connectivity index (χ3n) is 5.19. The highest BCUT2D eigenvalue weighted by Gasteiger charge is 2.23. The normalized spacial score (nSPS) is 17.2. The lowest BCUT2D eigenvalue weighted by molar-refractivity contribution is 0.0331. The van der Waals surface area contributed by atoms with Gasteiger partial charge in [0.1, 0.15) is 11.3 Å². The molecule has 7 nitrogen and oxygen atoms in total. The first-order valence-electron chi connectivity index (χ1n) is 9.98. The number of phenolic OH excluding ortho intramolecular Hbond substituents is 1. The Labute approximate surface area is 175 Å². The van der Waals surface area contributed by atoms with Crippen LogP contribution in [0, 0.1) is 6.92 Å². The highest BCUT2D eigenvalue weighted by Crippen LogP contribution is 2.26. The summed E-state index contributed by atoms with van der Waals surface area (Å²) < 4.78 is 5.31. The van der Waals surface area contributed by atoms with Crippen molar-refractivity contribution in [3.05, 3.63) is 40.4 Å². The Bertz CT molecular complexity index is 833. The molecule has 2 atom stereocenters. The van der Waals surface area contributed by atoms with E-state index in [2.05, 4.69) is 20.2 Å². The Hall–Kier alpha value is -2.16. The molecule has 2 heterocycles. The van der Waals surface area contributed by atoms with Crippen molar-refractivity contribution in [3.8, 4) is 5.75 Å². The van der Waals surface area contributed by atoms with Gasteiger partial charge in [0, 0.05) is 38.1 Å². The van der Waals surface area contributed by atoms with E-state index in [4.69, 9.17) is 4.74 Å². The Morgan fingerprint density at radius 2 is 2.03 bits per heavy atom. The fourth-order valence-corrected chi connectivity index (χ4v) is 4.07. The summed E-state index contributed by atoms with van der Waals surface area (Å²) in [6, 6.07) is 4.61. The lowest BCUT2D eigenvalue weighted by Crippen LogP contribution is -2.47. The molecule has 0 saturated carbocycles. The third kappa shape index (κ3) is 5.46. The number of carbonyl (C=O) groups is 1. The number of β-amino-alcohol motifs (C(OH)–C–C–N with tert-alkyl or cyclic N) is 1. The highest BCUT2D eigenvalue weighted by molar-refractivity contribution is 7.13. The second-order valence-corrected chi connectivity index (χ2v) is 8.31. The number of thiazole rings is 1. The Morgan fingerprint density at radius 3 is 2.66 bits per heavy atom. The molecule has 1 aliphatic rings. The lowest BCUT2D eigenvalue weighted by atomic mass is 10.0. The van der Waals surface area contributed by atoms with Crippen molar-refractivity contribution >= 4 is 22.4 Å². The van der Waals surface area contributed by atoms with Gasteiger partial charge in [-0.2, -0.15) is 0 Å². The molecule has 0 spiro atoms. The molecule has 158 valence electrons. The largest absolute Gasteiger partial charge is 0.507 e. The van der Waals surface area contributed by atoms with Crippen LogP contribution in [0.1, 0.15) is 48.0 Å². The van der Waals surface area contributed by atoms with E-state index >= 15 is 0 Å². The molecule has 3 rings (SSSR count). The van der Waals surface area contributed by atoms with E-state index in [1.54, 1.807) is 24.3 Å². The molecular formula is C21H29N3O4S. The number of hydrogen-bond acceptors (Lipinski definition) is 8. The van der Waals surface area contributed by atoms with Crippen molar-refractivity contribution in [3.63, 3.8) is 0 Å². The number of hydrogen-bond donors (Lipinski definition) is 2. The summed E-state index contributed by atoms with van der Waals surface area (Å²) in [4.78, 5) is 21.3. The van der Waals surface area contributed by atoms with Crippen LogP contribution >= 0.6 is 11.3 Å². The molecule has 8 heteroatoms. The van der Waals surface area contributed by atoms with Gasteiger partial charge in [-0.25, -0.2) is 9.78 Å². The molecule has 1 saturated heterocycles. The summed E-state index contributed by atoms with van der Waals surface area (Å²) >= 11 is 1.66. The number of aryl methyl sites for hydroxylation is 1. The number of esters is 1. The minimum absolute atomic E-state index is 0.0887. The van der Waals surface area contributed by atoms with Crippen molar-refractivity contribution in [1.29, 1.82) is 0 Å². The van der Waals surface area contributed by atoms with Gasteiger partial charge in [0.15, 0.2) is 5.13 Å². The number of anilines is 1. The van der Waals surface area contributed by atoms with E-state index in [0.717, 1.165) is 37.0 Å². The molecule has 2 aromatic rings. The van der Waals surface area contributed by atoms with Crippen LogP contribution < -0.4 is 4.90 Å². The van der Waals surface area contributed by atoms with E-state index in [-0.39, 0.29) is 17.4 Å². The van der Waals surface area contributed by atoms with Gasteiger partial charge >= 0.3 is 5.97 Å². The fraction of sp³-hybridized carbons (Fsp3) is 0.524. The number of aromatic hydroxyl groups is 1. The maximum Gasteiger partial charge on any atom is 0.342 e. The standard InChI is InChI=1S/C21H29N3O4S/c1-4-15(3)28-20(27)17-11-16(5-6-18(17)25)19(26)12-23-7-9-24(10-8-23)21-22-14(2)13-29-21/h5-6,11,13,15,19,25-26H,4,7-10,12H2,1-3H3. The maximum absolute atomic E-state index is 12.3. The molecule has 0 aliphatic carbocycles. The van der Waals surface area contributed by atoms with Gasteiger partial charge in [0.25, 0.3) is 0 Å². The van der Waals surface area contributed by atoms with Crippen molar-refractivity contribution in [1.82, 2.24) is 9.88 Å². The van der Waals surface area contributed by atoms with Crippen LogP contribution in [0.4, 0.5) is 5.13 Å². The highest BCUT2D eigenvalue weighted by atomic mass is 32.1. The first kappa shape index (κ1) is 21.5. The van der Waals surface area contributed by atoms with Crippen LogP contribution in [0.3, 0.4) is 0 Å². The quantitative estimate of drug-likeness (QED) is 0.667. The van der Waals surface area contributed by atoms with Crippen LogP contribution in [0.25, 0.3) is 0 Å². The zero-order valence-electron chi connectivity index (χ0n) is 17.2. The van der Waals surface area contributed by atoms with Gasteiger partial charge in [0.2, 0.25) is 0 Å². The van der Waals surface area contributed by atoms with Crippen molar-refractivity contribution in [2.24, 2.45) is 0 Å². The Balaban J connectivity index is 1.59. The average Bonchev–Trinajstić information content (AvgIpc) is 3.14. The SMILES string of the molecule is CCC(C)OC(=O)c1cc(C(O)CN2CCN(c3nc(C)cs3)CC2)ccc1O. The number of piperazine rings is 1. The minimum Gasteiger partial charge on any atom is -0.507 e. The smallest absolute Gasteiger partial charge is 0.342 e. The van der Waals surface area contributed by atoms with E-state index < -0.39 is 12.1 Å². The van der Waals surface area contributed by atoms with Crippen LogP contribution in [0.15, 0.2) is 23.6 Å². The monoisotopic (exact) mass is 419 g/mol. The molecule has 2 N–H and O–H groups in total. The number of aliphatic hydroxyl groups is 1. The maximum atomic E-state index is 12.3. The lowest BCUT2D eigenvalue weighted by Gasteiger charge is -2.35. The topological polar surface area (TPSA) is 86.1 Å². The molecule has 1 fully saturated rings. The summed E-state index contributed by atoms with van der Waals surface area (Å²) in [6.45, 7) is 9.58. The number of nitrogens with zero attached hydrogens (tertiary/aromatic N) is 3. The predicted molar refractivity (Wildman–Crippen MR) is 114 cm³/mol. The number of aromatic nitrogens is 1. The van der Waals surface area contributed by atoms with Gasteiger partial charge < -0.3 is 19.8 Å². The first-order valence-corrected chi connectivity index (χ1v) is 10.9. The third-order valence-corrected chi connectivity index (χ3v) is 6.21. The molecule has 0 bridgehead atoms. The molecule has 29 heavy (non-hydrogen) atoms. The molecule has 2 unspecified atom stereocenters. The van der Waals surface area contributed by atoms with E-state index in [9.17, 15) is 15.0 Å². The second kappa shape index (κ2) is 9.56. The zero-order chi connectivity index (χ0) is 21.0. The molecule has 1 aliphatic heterocycles. The zero-order valence-corrected chi connectivity index (χ0v) is 18.0. The summed E-state index contributed by atoms with van der Waals surface area (Å²) in [5.74, 6) is -0.708. The second-order valence-electron chi connectivity index (χ2n) is 7.48. The van der Waals surface area contributed by atoms with Gasteiger partial charge in [-0.3, -0.25) is 4.90 Å². The number of ether oxygens (including phenoxy) is 1. The van der Waals surface area contributed by atoms with Crippen LogP contribution in [-0.2, 0) is 4.74 Å². The fourth-order valence-electron chi connectivity index (χ4n) is 3.21. The van der Waals surface area contributed by atoms with Gasteiger partial charge in [0.05, 0.1) is 17.9 Å². The Morgan fingerprint density at radius 1 is 1.31 bits per heavy atom. The van der Waals surface area contributed by atoms with Gasteiger partial charge in [-0.15, -0.1) is 11.3 Å². The van der Waals surface area contributed by atoms with E-state index in [1.807, 2.05) is 13.8 Å². The number of rotatable bonds is 7. The summed E-state index contributed by atoms with van der Waals surface area (Å²) in [7, 11) is 0. The summed E-state index contributed by atoms with van der Waals surface area (Å²) in [5, 5.41) is 23.8. The van der Waals surface area contributed by atoms with Crippen molar-refractivity contribution in [2.75, 3.05) is 37.6 Å². The summed E-state index contributed by atoms with van der Waals surface area (Å²) in [6.07, 6.45) is -0.283. The first-order chi connectivity index (χ1) is 13.9. The summed E-state index contributed by atoms with van der Waals surface area (Å²) in [5.41, 5.74) is 1.72. The number of phenols is 1. The van der Waals surface area contributed by atoms with Gasteiger partial charge in [-0.1, -0.05) is 13.0 Å². The Kier molecular flexibility index (Phi) is 7.10. The molecule has 1 aromatic heterocycles. The van der Waals surface area contributed by atoms with Crippen LogP contribution in [0.5, 0.6) is 5.75 Å².